The number of para-hydroxylation sites is 1. The van der Waals surface area contributed by atoms with Crippen LogP contribution in [0.2, 0.25) is 0 Å². The molecule has 1 aromatic rings. The molecule has 1 aromatic carbocycles. The van der Waals surface area contributed by atoms with Crippen molar-refractivity contribution in [3.05, 3.63) is 29.8 Å². The number of carbonyl (C=O) groups is 1. The summed E-state index contributed by atoms with van der Waals surface area (Å²) in [4.78, 5) is 11.9. The third kappa shape index (κ3) is 10.1. The largest absolute Gasteiger partial charge is 0.326 e. The molecule has 0 aliphatic carbocycles. The molecule has 0 saturated heterocycles. The van der Waals surface area contributed by atoms with Crippen LogP contribution in [-0.2, 0) is 4.79 Å². The van der Waals surface area contributed by atoms with E-state index in [0.29, 0.717) is 6.42 Å². The fraction of sp³-hybridized carbons (Fsp3) is 0.667. The van der Waals surface area contributed by atoms with Crippen LogP contribution in [-0.4, -0.2) is 5.91 Å². The summed E-state index contributed by atoms with van der Waals surface area (Å²) in [6.07, 6.45) is 15.1. The van der Waals surface area contributed by atoms with E-state index in [0.717, 1.165) is 17.7 Å². The van der Waals surface area contributed by atoms with Crippen LogP contribution in [0, 0.1) is 6.92 Å². The van der Waals surface area contributed by atoms with Crippen molar-refractivity contribution in [3.8, 4) is 0 Å². The molecule has 23 heavy (non-hydrogen) atoms. The number of hydrogen-bond acceptors (Lipinski definition) is 1. The van der Waals surface area contributed by atoms with Crippen LogP contribution in [0.1, 0.15) is 89.5 Å². The Labute approximate surface area is 143 Å². The van der Waals surface area contributed by atoms with Gasteiger partial charge in [-0.05, 0) is 25.0 Å². The number of anilines is 1. The average molecular weight is 318 g/mol. The van der Waals surface area contributed by atoms with Crippen LogP contribution < -0.4 is 5.32 Å². The van der Waals surface area contributed by atoms with E-state index in [4.69, 9.17) is 0 Å². The van der Waals surface area contributed by atoms with Gasteiger partial charge in [0.2, 0.25) is 5.91 Å². The number of rotatable bonds is 13. The van der Waals surface area contributed by atoms with E-state index in [2.05, 4.69) is 12.2 Å². The molecule has 1 rings (SSSR count). The van der Waals surface area contributed by atoms with E-state index in [9.17, 15) is 4.79 Å². The van der Waals surface area contributed by atoms with Crippen molar-refractivity contribution < 1.29 is 4.79 Å². The highest BCUT2D eigenvalue weighted by molar-refractivity contribution is 5.91. The monoisotopic (exact) mass is 317 g/mol. The third-order valence-electron chi connectivity index (χ3n) is 4.43. The van der Waals surface area contributed by atoms with Crippen LogP contribution in [0.5, 0.6) is 0 Å². The lowest BCUT2D eigenvalue weighted by Gasteiger charge is -2.08. The van der Waals surface area contributed by atoms with Gasteiger partial charge >= 0.3 is 0 Å². The van der Waals surface area contributed by atoms with Gasteiger partial charge in [-0.25, -0.2) is 0 Å². The van der Waals surface area contributed by atoms with Crippen LogP contribution in [0.3, 0.4) is 0 Å². The van der Waals surface area contributed by atoms with E-state index in [1.807, 2.05) is 31.2 Å². The molecule has 0 fully saturated rings. The first-order valence-electron chi connectivity index (χ1n) is 9.59. The van der Waals surface area contributed by atoms with Crippen molar-refractivity contribution in [3.63, 3.8) is 0 Å². The SMILES string of the molecule is CCCCCCCCCCCCCC(=O)Nc1ccccc1C. The summed E-state index contributed by atoms with van der Waals surface area (Å²) in [7, 11) is 0. The zero-order valence-electron chi connectivity index (χ0n) is 15.2. The van der Waals surface area contributed by atoms with Gasteiger partial charge in [0, 0.05) is 12.1 Å². The lowest BCUT2D eigenvalue weighted by atomic mass is 10.1. The minimum Gasteiger partial charge on any atom is -0.326 e. The lowest BCUT2D eigenvalue weighted by molar-refractivity contribution is -0.116. The molecule has 0 atom stereocenters. The lowest BCUT2D eigenvalue weighted by Crippen LogP contribution is -2.11. The second-order valence-corrected chi connectivity index (χ2v) is 6.65. The fourth-order valence-electron chi connectivity index (χ4n) is 2.88. The van der Waals surface area contributed by atoms with Gasteiger partial charge in [-0.15, -0.1) is 0 Å². The normalized spacial score (nSPS) is 10.7. The topological polar surface area (TPSA) is 29.1 Å². The third-order valence-corrected chi connectivity index (χ3v) is 4.43. The minimum absolute atomic E-state index is 0.148. The fourth-order valence-corrected chi connectivity index (χ4v) is 2.88. The van der Waals surface area contributed by atoms with E-state index >= 15 is 0 Å². The Hall–Kier alpha value is -1.31. The van der Waals surface area contributed by atoms with Gasteiger partial charge in [-0.1, -0.05) is 89.3 Å². The molecule has 0 bridgehead atoms. The first-order chi connectivity index (χ1) is 11.2. The highest BCUT2D eigenvalue weighted by Crippen LogP contribution is 2.15. The van der Waals surface area contributed by atoms with Crippen molar-refractivity contribution in [2.75, 3.05) is 5.32 Å². The summed E-state index contributed by atoms with van der Waals surface area (Å²) in [6.45, 7) is 4.29. The highest BCUT2D eigenvalue weighted by Gasteiger charge is 2.03. The van der Waals surface area contributed by atoms with Crippen molar-refractivity contribution in [1.82, 2.24) is 0 Å². The predicted octanol–water partition coefficient (Wildman–Crippen LogP) is 6.63. The maximum atomic E-state index is 11.9. The molecule has 1 amide bonds. The van der Waals surface area contributed by atoms with Gasteiger partial charge in [0.25, 0.3) is 0 Å². The molecule has 0 aliphatic rings. The summed E-state index contributed by atoms with van der Waals surface area (Å²) >= 11 is 0. The number of benzene rings is 1. The van der Waals surface area contributed by atoms with Crippen LogP contribution in [0.15, 0.2) is 24.3 Å². The van der Waals surface area contributed by atoms with Crippen molar-refractivity contribution in [1.29, 1.82) is 0 Å². The predicted molar refractivity (Wildman–Crippen MR) is 101 cm³/mol. The molecule has 0 unspecified atom stereocenters. The van der Waals surface area contributed by atoms with Gasteiger partial charge in [0.15, 0.2) is 0 Å². The Morgan fingerprint density at radius 3 is 1.91 bits per heavy atom. The van der Waals surface area contributed by atoms with Crippen LogP contribution in [0.4, 0.5) is 5.69 Å². The summed E-state index contributed by atoms with van der Waals surface area (Å²) in [6, 6.07) is 7.95. The molecule has 0 saturated carbocycles. The molecular formula is C21H35NO. The molecule has 0 heterocycles. The highest BCUT2D eigenvalue weighted by atomic mass is 16.1. The minimum atomic E-state index is 0.148. The standard InChI is InChI=1S/C21H35NO/c1-3-4-5-6-7-8-9-10-11-12-13-18-21(23)22-20-17-15-14-16-19(20)2/h14-17H,3-13,18H2,1-2H3,(H,22,23). The summed E-state index contributed by atoms with van der Waals surface area (Å²) in [5.41, 5.74) is 2.07. The Morgan fingerprint density at radius 2 is 1.35 bits per heavy atom. The number of amides is 1. The summed E-state index contributed by atoms with van der Waals surface area (Å²) in [5.74, 6) is 0.148. The summed E-state index contributed by atoms with van der Waals surface area (Å²) in [5, 5.41) is 3.01. The number of hydrogen-bond donors (Lipinski definition) is 1. The van der Waals surface area contributed by atoms with Crippen molar-refractivity contribution in [2.45, 2.75) is 90.9 Å². The second-order valence-electron chi connectivity index (χ2n) is 6.65. The number of nitrogens with one attached hydrogen (secondary N) is 1. The Morgan fingerprint density at radius 1 is 0.826 bits per heavy atom. The molecule has 2 nitrogen and oxygen atoms in total. The van der Waals surface area contributed by atoms with Gasteiger partial charge in [-0.2, -0.15) is 0 Å². The van der Waals surface area contributed by atoms with E-state index in [-0.39, 0.29) is 5.91 Å². The second kappa shape index (κ2) is 13.2. The van der Waals surface area contributed by atoms with Crippen molar-refractivity contribution >= 4 is 11.6 Å². The molecule has 0 aliphatic heterocycles. The first kappa shape index (κ1) is 19.7. The van der Waals surface area contributed by atoms with Gasteiger partial charge < -0.3 is 5.32 Å². The Bertz CT molecular complexity index is 428. The Kier molecular flexibility index (Phi) is 11.3. The van der Waals surface area contributed by atoms with E-state index < -0.39 is 0 Å². The van der Waals surface area contributed by atoms with Gasteiger partial charge in [-0.3, -0.25) is 4.79 Å². The number of unbranched alkanes of at least 4 members (excludes halogenated alkanes) is 10. The maximum absolute atomic E-state index is 11.9. The molecule has 0 radical (unpaired) electrons. The number of aryl methyl sites for hydroxylation is 1. The quantitative estimate of drug-likeness (QED) is 0.406. The molecular weight excluding hydrogens is 282 g/mol. The zero-order chi connectivity index (χ0) is 16.8. The summed E-state index contributed by atoms with van der Waals surface area (Å²) < 4.78 is 0. The van der Waals surface area contributed by atoms with Gasteiger partial charge in [0.05, 0.1) is 0 Å². The van der Waals surface area contributed by atoms with Gasteiger partial charge in [0.1, 0.15) is 0 Å². The molecule has 0 spiro atoms. The van der Waals surface area contributed by atoms with E-state index in [1.54, 1.807) is 0 Å². The van der Waals surface area contributed by atoms with Crippen molar-refractivity contribution in [2.24, 2.45) is 0 Å². The first-order valence-corrected chi connectivity index (χ1v) is 9.59. The number of carbonyl (C=O) groups excluding carboxylic acids is 1. The van der Waals surface area contributed by atoms with Crippen LogP contribution >= 0.6 is 0 Å². The Balaban J connectivity index is 1.93. The van der Waals surface area contributed by atoms with E-state index in [1.165, 1.54) is 64.2 Å². The zero-order valence-corrected chi connectivity index (χ0v) is 15.2. The molecule has 0 aromatic heterocycles. The maximum Gasteiger partial charge on any atom is 0.224 e. The molecule has 1 N–H and O–H groups in total. The molecule has 2 heteroatoms. The molecule has 130 valence electrons. The average Bonchev–Trinajstić information content (AvgIpc) is 2.55. The van der Waals surface area contributed by atoms with Crippen LogP contribution in [0.25, 0.3) is 0 Å². The smallest absolute Gasteiger partial charge is 0.224 e.